The zero-order chi connectivity index (χ0) is 18.7. The van der Waals surface area contributed by atoms with E-state index >= 15 is 0 Å². The van der Waals surface area contributed by atoms with Crippen molar-refractivity contribution in [3.8, 4) is 0 Å². The van der Waals surface area contributed by atoms with Crippen LogP contribution in [0.1, 0.15) is 39.2 Å². The van der Waals surface area contributed by atoms with Gasteiger partial charge in [0.15, 0.2) is 0 Å². The van der Waals surface area contributed by atoms with E-state index in [2.05, 4.69) is 9.55 Å². The number of rotatable bonds is 6. The van der Waals surface area contributed by atoms with Crippen molar-refractivity contribution in [2.75, 3.05) is 6.54 Å². The number of aromatic nitrogens is 2. The average molecular weight is 388 g/mol. The van der Waals surface area contributed by atoms with Crippen LogP contribution in [0.25, 0.3) is 0 Å². The molecule has 0 aromatic carbocycles. The van der Waals surface area contributed by atoms with Crippen LogP contribution >= 0.6 is 22.9 Å². The molecule has 0 aliphatic rings. The first-order valence-corrected chi connectivity index (χ1v) is 9.79. The molecular weight excluding hydrogens is 366 g/mol. The number of carbonyl (C=O) groups is 1. The molecule has 1 amide bonds. The molecule has 3 rings (SSSR count). The van der Waals surface area contributed by atoms with Crippen molar-refractivity contribution < 1.29 is 4.79 Å². The fourth-order valence-corrected chi connectivity index (χ4v) is 4.14. The number of carbonyl (C=O) groups excluding carboxylic acids is 1. The summed E-state index contributed by atoms with van der Waals surface area (Å²) in [6.45, 7) is 7.93. The van der Waals surface area contributed by atoms with Gasteiger partial charge in [-0.2, -0.15) is 0 Å². The van der Waals surface area contributed by atoms with E-state index in [-0.39, 0.29) is 5.91 Å². The lowest BCUT2D eigenvalue weighted by molar-refractivity contribution is 0.0753. The molecule has 0 aliphatic carbocycles. The smallest absolute Gasteiger partial charge is 0.255 e. The Hall–Kier alpha value is -2.11. The van der Waals surface area contributed by atoms with Crippen molar-refractivity contribution in [3.05, 3.63) is 74.5 Å². The molecule has 0 saturated carbocycles. The van der Waals surface area contributed by atoms with Crippen molar-refractivity contribution in [2.45, 2.75) is 33.9 Å². The predicted molar refractivity (Wildman–Crippen MR) is 107 cm³/mol. The summed E-state index contributed by atoms with van der Waals surface area (Å²) < 4.78 is 2.89. The van der Waals surface area contributed by atoms with Crippen LogP contribution in [0.15, 0.2) is 42.6 Å². The zero-order valence-electron chi connectivity index (χ0n) is 15.2. The normalized spacial score (nSPS) is 10.9. The lowest BCUT2D eigenvalue weighted by Gasteiger charge is -2.20. The second-order valence-electron chi connectivity index (χ2n) is 6.22. The van der Waals surface area contributed by atoms with Gasteiger partial charge in [0, 0.05) is 29.0 Å². The van der Waals surface area contributed by atoms with Crippen LogP contribution in [-0.2, 0) is 13.1 Å². The minimum atomic E-state index is 0.0531. The highest BCUT2D eigenvalue weighted by Crippen LogP contribution is 2.24. The lowest BCUT2D eigenvalue weighted by atomic mass is 10.2. The Kier molecular flexibility index (Phi) is 5.79. The summed E-state index contributed by atoms with van der Waals surface area (Å²) in [5.74, 6) is 0.0531. The number of halogens is 1. The number of amides is 1. The van der Waals surface area contributed by atoms with Crippen molar-refractivity contribution in [2.24, 2.45) is 0 Å². The van der Waals surface area contributed by atoms with Crippen LogP contribution in [0.5, 0.6) is 0 Å². The Morgan fingerprint density at radius 3 is 2.69 bits per heavy atom. The van der Waals surface area contributed by atoms with E-state index in [9.17, 15) is 4.79 Å². The zero-order valence-corrected chi connectivity index (χ0v) is 16.8. The summed E-state index contributed by atoms with van der Waals surface area (Å²) >= 11 is 7.53. The maximum absolute atomic E-state index is 13.1. The first-order chi connectivity index (χ1) is 12.5. The summed E-state index contributed by atoms with van der Waals surface area (Å²) in [5, 5.41) is 0. The van der Waals surface area contributed by atoms with Crippen molar-refractivity contribution in [3.63, 3.8) is 0 Å². The Labute approximate surface area is 163 Å². The topological polar surface area (TPSA) is 38.1 Å². The molecule has 3 heterocycles. The average Bonchev–Trinajstić information content (AvgIpc) is 3.17. The molecule has 0 saturated heterocycles. The molecule has 0 atom stereocenters. The number of hydrogen-bond donors (Lipinski definition) is 0. The largest absolute Gasteiger partial charge is 0.342 e. The van der Waals surface area contributed by atoms with E-state index in [4.69, 9.17) is 11.6 Å². The van der Waals surface area contributed by atoms with Gasteiger partial charge in [-0.1, -0.05) is 17.7 Å². The third-order valence-corrected chi connectivity index (χ3v) is 5.71. The molecule has 0 bridgehead atoms. The van der Waals surface area contributed by atoms with E-state index in [0.717, 1.165) is 31.9 Å². The lowest BCUT2D eigenvalue weighted by Crippen LogP contribution is -2.30. The van der Waals surface area contributed by atoms with Gasteiger partial charge in [0.05, 0.1) is 28.7 Å². The second kappa shape index (κ2) is 8.06. The van der Waals surface area contributed by atoms with E-state index < -0.39 is 0 Å². The molecule has 4 nitrogen and oxygen atoms in total. The number of pyridine rings is 1. The van der Waals surface area contributed by atoms with Gasteiger partial charge >= 0.3 is 0 Å². The molecule has 0 spiro atoms. The molecule has 0 radical (unpaired) electrons. The van der Waals surface area contributed by atoms with Crippen LogP contribution < -0.4 is 0 Å². The number of hydrogen-bond acceptors (Lipinski definition) is 3. The maximum atomic E-state index is 13.1. The minimum Gasteiger partial charge on any atom is -0.342 e. The van der Waals surface area contributed by atoms with Crippen LogP contribution in [0.2, 0.25) is 4.34 Å². The number of nitrogens with zero attached hydrogens (tertiary/aromatic N) is 3. The summed E-state index contributed by atoms with van der Waals surface area (Å²) in [5.41, 5.74) is 3.77. The van der Waals surface area contributed by atoms with Crippen molar-refractivity contribution in [1.29, 1.82) is 0 Å². The highest BCUT2D eigenvalue weighted by atomic mass is 35.5. The van der Waals surface area contributed by atoms with Gasteiger partial charge in [0.1, 0.15) is 0 Å². The van der Waals surface area contributed by atoms with Crippen LogP contribution in [-0.4, -0.2) is 26.9 Å². The Morgan fingerprint density at radius 2 is 2.08 bits per heavy atom. The highest BCUT2D eigenvalue weighted by molar-refractivity contribution is 7.16. The molecule has 26 heavy (non-hydrogen) atoms. The Balaban J connectivity index is 1.83. The molecule has 0 aliphatic heterocycles. The summed E-state index contributed by atoms with van der Waals surface area (Å²) in [6.07, 6.45) is 1.79. The van der Waals surface area contributed by atoms with Gasteiger partial charge in [-0.05, 0) is 51.1 Å². The highest BCUT2D eigenvalue weighted by Gasteiger charge is 2.21. The van der Waals surface area contributed by atoms with Gasteiger partial charge in [0.25, 0.3) is 5.91 Å². The molecule has 0 fully saturated rings. The SMILES string of the molecule is CCN(Cc1ccc(Cl)s1)C(=O)c1cc(C)n(Cc2ccccn2)c1C. The minimum absolute atomic E-state index is 0.0531. The maximum Gasteiger partial charge on any atom is 0.255 e. The fourth-order valence-electron chi connectivity index (χ4n) is 3.04. The van der Waals surface area contributed by atoms with Crippen LogP contribution in [0, 0.1) is 13.8 Å². The van der Waals surface area contributed by atoms with Crippen LogP contribution in [0.3, 0.4) is 0 Å². The molecule has 0 N–H and O–H groups in total. The standard InChI is InChI=1S/C20H22ClN3OS/c1-4-23(13-17-8-9-19(21)26-17)20(25)18-11-14(2)24(15(18)3)12-16-7-5-6-10-22-16/h5-11H,4,12-13H2,1-3H3. The third kappa shape index (κ3) is 4.00. The molecule has 3 aromatic heterocycles. The third-order valence-electron chi connectivity index (χ3n) is 4.49. The van der Waals surface area contributed by atoms with Gasteiger partial charge in [-0.3, -0.25) is 9.78 Å². The van der Waals surface area contributed by atoms with Crippen molar-refractivity contribution >= 4 is 28.8 Å². The quantitative estimate of drug-likeness (QED) is 0.601. The Morgan fingerprint density at radius 1 is 1.27 bits per heavy atom. The van der Waals surface area contributed by atoms with Crippen molar-refractivity contribution in [1.82, 2.24) is 14.5 Å². The van der Waals surface area contributed by atoms with E-state index in [1.54, 1.807) is 6.20 Å². The number of thiophene rings is 1. The fraction of sp³-hybridized carbons (Fsp3) is 0.300. The monoisotopic (exact) mass is 387 g/mol. The van der Waals surface area contributed by atoms with Gasteiger partial charge < -0.3 is 9.47 Å². The van der Waals surface area contributed by atoms with Crippen LogP contribution in [0.4, 0.5) is 0 Å². The van der Waals surface area contributed by atoms with E-state index in [0.29, 0.717) is 19.6 Å². The predicted octanol–water partition coefficient (Wildman–Crippen LogP) is 4.93. The first kappa shape index (κ1) is 18.7. The molecule has 6 heteroatoms. The molecule has 3 aromatic rings. The molecular formula is C20H22ClN3OS. The first-order valence-electron chi connectivity index (χ1n) is 8.59. The summed E-state index contributed by atoms with van der Waals surface area (Å²) in [4.78, 5) is 20.4. The van der Waals surface area contributed by atoms with E-state index in [1.807, 2.05) is 62.1 Å². The van der Waals surface area contributed by atoms with E-state index in [1.165, 1.54) is 11.3 Å². The van der Waals surface area contributed by atoms with Gasteiger partial charge in [-0.25, -0.2) is 0 Å². The molecule has 136 valence electrons. The van der Waals surface area contributed by atoms with Gasteiger partial charge in [-0.15, -0.1) is 11.3 Å². The van der Waals surface area contributed by atoms with Gasteiger partial charge in [0.2, 0.25) is 0 Å². The Bertz CT molecular complexity index is 901. The molecule has 0 unspecified atom stereocenters. The summed E-state index contributed by atoms with van der Waals surface area (Å²) in [6, 6.07) is 11.7. The second-order valence-corrected chi connectivity index (χ2v) is 8.02. The number of aryl methyl sites for hydroxylation is 1. The summed E-state index contributed by atoms with van der Waals surface area (Å²) in [7, 11) is 0.